The molecular formula is C12H24NO4+. The molecule has 0 aromatic rings. The molecule has 0 aromatic carbocycles. The van der Waals surface area contributed by atoms with E-state index in [1.165, 1.54) is 4.90 Å². The van der Waals surface area contributed by atoms with Crippen LogP contribution in [0.4, 0.5) is 0 Å². The molecule has 0 aromatic heterocycles. The van der Waals surface area contributed by atoms with Crippen molar-refractivity contribution in [2.75, 3.05) is 27.2 Å². The lowest BCUT2D eigenvalue weighted by atomic mass is 10.2. The summed E-state index contributed by atoms with van der Waals surface area (Å²) in [6.45, 7) is 4.70. The van der Waals surface area contributed by atoms with E-state index in [0.29, 0.717) is 19.4 Å². The number of esters is 2. The van der Waals surface area contributed by atoms with Gasteiger partial charge < -0.3 is 14.4 Å². The lowest BCUT2D eigenvalue weighted by molar-refractivity contribution is -0.858. The molecule has 0 bridgehead atoms. The van der Waals surface area contributed by atoms with Gasteiger partial charge in [0, 0.05) is 12.8 Å². The monoisotopic (exact) mass is 246 g/mol. The molecule has 5 nitrogen and oxygen atoms in total. The maximum Gasteiger partial charge on any atom is 0.309 e. The minimum atomic E-state index is -0.364. The number of nitrogens with one attached hydrogen (secondary N) is 1. The van der Waals surface area contributed by atoms with Gasteiger partial charge in [0.15, 0.2) is 0 Å². The highest BCUT2D eigenvalue weighted by Crippen LogP contribution is 2.06. The van der Waals surface area contributed by atoms with Crippen LogP contribution < -0.4 is 4.90 Å². The molecule has 0 saturated heterocycles. The average Bonchev–Trinajstić information content (AvgIpc) is 2.25. The van der Waals surface area contributed by atoms with Gasteiger partial charge in [0.05, 0.1) is 33.7 Å². The van der Waals surface area contributed by atoms with Crippen molar-refractivity contribution in [1.82, 2.24) is 0 Å². The fourth-order valence-corrected chi connectivity index (χ4v) is 1.33. The first-order valence-corrected chi connectivity index (χ1v) is 6.13. The van der Waals surface area contributed by atoms with Crippen LogP contribution in [0.2, 0.25) is 0 Å². The van der Waals surface area contributed by atoms with Gasteiger partial charge in [-0.3, -0.25) is 9.59 Å². The van der Waals surface area contributed by atoms with E-state index in [0.717, 1.165) is 6.54 Å². The van der Waals surface area contributed by atoms with Crippen molar-refractivity contribution >= 4 is 11.9 Å². The molecule has 0 rings (SSSR count). The molecule has 0 unspecified atom stereocenters. The Morgan fingerprint density at radius 3 is 2.29 bits per heavy atom. The van der Waals surface area contributed by atoms with Crippen LogP contribution in [0.15, 0.2) is 0 Å². The molecule has 5 heteroatoms. The summed E-state index contributed by atoms with van der Waals surface area (Å²) in [7, 11) is 4.03. The molecule has 17 heavy (non-hydrogen) atoms. The Balaban J connectivity index is 4.18. The molecule has 0 fully saturated rings. The molecule has 0 amide bonds. The van der Waals surface area contributed by atoms with E-state index >= 15 is 0 Å². The average molecular weight is 246 g/mol. The predicted molar refractivity (Wildman–Crippen MR) is 63.7 cm³/mol. The number of ether oxygens (including phenoxy) is 2. The van der Waals surface area contributed by atoms with Crippen LogP contribution in [0.1, 0.15) is 33.1 Å². The Morgan fingerprint density at radius 2 is 1.82 bits per heavy atom. The fourth-order valence-electron chi connectivity index (χ4n) is 1.33. The summed E-state index contributed by atoms with van der Waals surface area (Å²) in [4.78, 5) is 23.8. The zero-order chi connectivity index (χ0) is 13.3. The maximum absolute atomic E-state index is 11.3. The van der Waals surface area contributed by atoms with Crippen molar-refractivity contribution < 1.29 is 24.0 Å². The normalized spacial score (nSPS) is 12.3. The number of quaternary nitrogens is 1. The Hall–Kier alpha value is -1.10. The third kappa shape index (κ3) is 8.68. The van der Waals surface area contributed by atoms with Crippen LogP contribution >= 0.6 is 0 Å². The molecule has 0 spiro atoms. The summed E-state index contributed by atoms with van der Waals surface area (Å²) < 4.78 is 10.1. The zero-order valence-electron chi connectivity index (χ0n) is 11.2. The first-order chi connectivity index (χ1) is 7.99. The van der Waals surface area contributed by atoms with Crippen LogP contribution in [0.5, 0.6) is 0 Å². The molecule has 1 N–H and O–H groups in total. The molecule has 100 valence electrons. The highest BCUT2D eigenvalue weighted by atomic mass is 16.6. The summed E-state index contributed by atoms with van der Waals surface area (Å²) in [5, 5.41) is 0. The van der Waals surface area contributed by atoms with Gasteiger partial charge in [0.25, 0.3) is 0 Å². The van der Waals surface area contributed by atoms with Gasteiger partial charge in [-0.25, -0.2) is 0 Å². The van der Waals surface area contributed by atoms with Crippen molar-refractivity contribution in [3.8, 4) is 0 Å². The maximum atomic E-state index is 11.3. The molecular weight excluding hydrogens is 222 g/mol. The van der Waals surface area contributed by atoms with Crippen LogP contribution in [0.25, 0.3) is 0 Å². The Bertz CT molecular complexity index is 241. The Morgan fingerprint density at radius 1 is 1.18 bits per heavy atom. The second-order valence-corrected chi connectivity index (χ2v) is 4.22. The SMILES string of the molecule is CCOC(=O)C[C@H](CC[NH+](C)C)OC(=O)CC. The second-order valence-electron chi connectivity index (χ2n) is 4.22. The van der Waals surface area contributed by atoms with E-state index in [1.807, 2.05) is 14.1 Å². The second kappa shape index (κ2) is 8.98. The van der Waals surface area contributed by atoms with Crippen LogP contribution in [-0.4, -0.2) is 45.3 Å². The Labute approximate surface area is 103 Å². The van der Waals surface area contributed by atoms with E-state index in [9.17, 15) is 9.59 Å². The van der Waals surface area contributed by atoms with Gasteiger partial charge in [-0.1, -0.05) is 6.92 Å². The van der Waals surface area contributed by atoms with E-state index in [1.54, 1.807) is 13.8 Å². The van der Waals surface area contributed by atoms with E-state index in [-0.39, 0.29) is 24.5 Å². The third-order valence-electron chi connectivity index (χ3n) is 2.25. The summed E-state index contributed by atoms with van der Waals surface area (Å²) in [6, 6.07) is 0. The lowest BCUT2D eigenvalue weighted by Crippen LogP contribution is -3.05. The molecule has 0 aliphatic rings. The highest BCUT2D eigenvalue weighted by molar-refractivity contribution is 5.72. The standard InChI is InChI=1S/C12H23NO4/c1-5-11(14)17-10(7-8-13(3)4)9-12(15)16-6-2/h10H,5-9H2,1-4H3/p+1/t10-/m0/s1. The van der Waals surface area contributed by atoms with Gasteiger partial charge in [-0.05, 0) is 6.92 Å². The zero-order valence-corrected chi connectivity index (χ0v) is 11.2. The number of carbonyl (C=O) groups is 2. The van der Waals surface area contributed by atoms with Gasteiger partial charge >= 0.3 is 11.9 Å². The fraction of sp³-hybridized carbons (Fsp3) is 0.833. The van der Waals surface area contributed by atoms with Gasteiger partial charge in [0.2, 0.25) is 0 Å². The molecule has 1 atom stereocenters. The van der Waals surface area contributed by atoms with Crippen LogP contribution in [0, 0.1) is 0 Å². The minimum absolute atomic E-state index is 0.146. The largest absolute Gasteiger partial charge is 0.466 e. The molecule has 0 radical (unpaired) electrons. The lowest BCUT2D eigenvalue weighted by Gasteiger charge is -2.17. The first kappa shape index (κ1) is 15.9. The molecule has 0 aliphatic carbocycles. The smallest absolute Gasteiger partial charge is 0.309 e. The quantitative estimate of drug-likeness (QED) is 0.602. The molecule has 0 aliphatic heterocycles. The number of hydrogen-bond donors (Lipinski definition) is 1. The van der Waals surface area contributed by atoms with E-state index in [2.05, 4.69) is 0 Å². The van der Waals surface area contributed by atoms with Crippen molar-refractivity contribution in [3.63, 3.8) is 0 Å². The van der Waals surface area contributed by atoms with Gasteiger partial charge in [-0.2, -0.15) is 0 Å². The van der Waals surface area contributed by atoms with Crippen molar-refractivity contribution in [3.05, 3.63) is 0 Å². The van der Waals surface area contributed by atoms with Crippen molar-refractivity contribution in [1.29, 1.82) is 0 Å². The van der Waals surface area contributed by atoms with Gasteiger partial charge in [-0.15, -0.1) is 0 Å². The number of hydrogen-bond acceptors (Lipinski definition) is 4. The van der Waals surface area contributed by atoms with Crippen LogP contribution in [-0.2, 0) is 19.1 Å². The number of carbonyl (C=O) groups excluding carboxylic acids is 2. The topological polar surface area (TPSA) is 57.0 Å². The van der Waals surface area contributed by atoms with Crippen LogP contribution in [0.3, 0.4) is 0 Å². The Kier molecular flexibility index (Phi) is 8.40. The van der Waals surface area contributed by atoms with Crippen molar-refractivity contribution in [2.24, 2.45) is 0 Å². The number of rotatable bonds is 8. The summed E-state index contributed by atoms with van der Waals surface area (Å²) >= 11 is 0. The van der Waals surface area contributed by atoms with Crippen molar-refractivity contribution in [2.45, 2.75) is 39.2 Å². The highest BCUT2D eigenvalue weighted by Gasteiger charge is 2.19. The van der Waals surface area contributed by atoms with E-state index in [4.69, 9.17) is 9.47 Å². The summed E-state index contributed by atoms with van der Waals surface area (Å²) in [5.41, 5.74) is 0. The third-order valence-corrected chi connectivity index (χ3v) is 2.25. The minimum Gasteiger partial charge on any atom is -0.466 e. The van der Waals surface area contributed by atoms with Gasteiger partial charge in [0.1, 0.15) is 6.10 Å². The summed E-state index contributed by atoms with van der Waals surface area (Å²) in [5.74, 6) is -0.580. The predicted octanol–water partition coefficient (Wildman–Crippen LogP) is -0.204. The van der Waals surface area contributed by atoms with E-state index < -0.39 is 0 Å². The first-order valence-electron chi connectivity index (χ1n) is 6.13. The summed E-state index contributed by atoms with van der Waals surface area (Å²) in [6.07, 6.45) is 0.782. The molecule has 0 saturated carbocycles. The molecule has 0 heterocycles.